The van der Waals surface area contributed by atoms with Crippen LogP contribution in [0.25, 0.3) is 0 Å². The van der Waals surface area contributed by atoms with E-state index in [0.29, 0.717) is 12.1 Å². The molecule has 1 aliphatic carbocycles. The molecule has 3 aliphatic heterocycles. The van der Waals surface area contributed by atoms with Crippen LogP contribution in [0.1, 0.15) is 25.7 Å². The summed E-state index contributed by atoms with van der Waals surface area (Å²) in [6.07, 6.45) is 11.5. The van der Waals surface area contributed by atoms with Crippen molar-refractivity contribution in [3.05, 3.63) is 60.9 Å². The zero-order valence-corrected chi connectivity index (χ0v) is 16.4. The monoisotopic (exact) mass is 387 g/mol. The van der Waals surface area contributed by atoms with Gasteiger partial charge >= 0.3 is 0 Å². The molecule has 29 heavy (non-hydrogen) atoms. The number of rotatable bonds is 0. The van der Waals surface area contributed by atoms with Gasteiger partial charge in [0, 0.05) is 30.2 Å². The van der Waals surface area contributed by atoms with E-state index in [1.54, 1.807) is 0 Å². The third-order valence-corrected chi connectivity index (χ3v) is 6.44. The van der Waals surface area contributed by atoms with Crippen LogP contribution >= 0.6 is 0 Å². The van der Waals surface area contributed by atoms with Crippen molar-refractivity contribution in [2.24, 2.45) is 5.10 Å². The smallest absolute Gasteiger partial charge is 0.129 e. The van der Waals surface area contributed by atoms with E-state index in [4.69, 9.17) is 9.84 Å². The average molecular weight is 387 g/mol. The van der Waals surface area contributed by atoms with Crippen LogP contribution in [0.4, 0.5) is 11.4 Å². The van der Waals surface area contributed by atoms with Crippen LogP contribution < -0.4 is 14.6 Å². The highest BCUT2D eigenvalue weighted by Crippen LogP contribution is 2.35. The molecule has 1 saturated carbocycles. The molecule has 0 saturated heterocycles. The number of hydrogen-bond donors (Lipinski definition) is 0. The van der Waals surface area contributed by atoms with Crippen LogP contribution in [0.15, 0.2) is 66.0 Å². The van der Waals surface area contributed by atoms with Gasteiger partial charge in [-0.3, -0.25) is 0 Å². The van der Waals surface area contributed by atoms with E-state index in [9.17, 15) is 0 Å². The van der Waals surface area contributed by atoms with Crippen LogP contribution in [0, 0.1) is 0 Å². The first-order valence-corrected chi connectivity index (χ1v) is 10.5. The van der Waals surface area contributed by atoms with Crippen LogP contribution in [0.5, 0.6) is 11.5 Å². The van der Waals surface area contributed by atoms with Crippen molar-refractivity contribution in [2.75, 3.05) is 23.2 Å². The van der Waals surface area contributed by atoms with E-state index in [-0.39, 0.29) is 0 Å². The number of anilines is 2. The summed E-state index contributed by atoms with van der Waals surface area (Å²) in [6, 6.07) is 17.5. The Labute approximate surface area is 171 Å². The second-order valence-electron chi connectivity index (χ2n) is 8.23. The molecule has 0 radical (unpaired) electrons. The molecule has 148 valence electrons. The van der Waals surface area contributed by atoms with Gasteiger partial charge in [0.1, 0.15) is 24.5 Å². The zero-order valence-electron chi connectivity index (χ0n) is 16.4. The van der Waals surface area contributed by atoms with E-state index in [2.05, 4.69) is 62.4 Å². The lowest BCUT2D eigenvalue weighted by molar-refractivity contribution is 0.130. The maximum atomic E-state index is 6.19. The molecule has 2 unspecified atom stereocenters. The highest BCUT2D eigenvalue weighted by molar-refractivity contribution is 5.64. The molecule has 6 rings (SSSR count). The topological polar surface area (TPSA) is 34.6 Å². The molecule has 6 heteroatoms. The lowest BCUT2D eigenvalue weighted by Gasteiger charge is -2.42. The molecule has 0 aromatic heterocycles. The van der Waals surface area contributed by atoms with E-state index in [1.165, 1.54) is 25.7 Å². The lowest BCUT2D eigenvalue weighted by atomic mass is 9.88. The maximum absolute atomic E-state index is 6.19. The fourth-order valence-electron chi connectivity index (χ4n) is 4.95. The molecular formula is C23H25N5O. The lowest BCUT2D eigenvalue weighted by Crippen LogP contribution is -2.52. The Morgan fingerprint density at radius 1 is 0.793 bits per heavy atom. The minimum atomic E-state index is 0.484. The zero-order chi connectivity index (χ0) is 19.2. The summed E-state index contributed by atoms with van der Waals surface area (Å²) in [5, 5.41) is 6.78. The van der Waals surface area contributed by atoms with Crippen molar-refractivity contribution in [1.29, 1.82) is 0 Å². The Balaban J connectivity index is 1.42. The second-order valence-corrected chi connectivity index (χ2v) is 8.23. The molecule has 0 amide bonds. The van der Waals surface area contributed by atoms with Gasteiger partial charge in [-0.2, -0.15) is 5.10 Å². The average Bonchev–Trinajstić information content (AvgIpc) is 3.44. The first-order valence-electron chi connectivity index (χ1n) is 10.5. The van der Waals surface area contributed by atoms with Gasteiger partial charge in [-0.05, 0) is 37.1 Å². The highest BCUT2D eigenvalue weighted by Gasteiger charge is 2.36. The summed E-state index contributed by atoms with van der Waals surface area (Å²) in [7, 11) is 0. The highest BCUT2D eigenvalue weighted by atomic mass is 16.5. The molecule has 2 aromatic carbocycles. The van der Waals surface area contributed by atoms with Crippen LogP contribution in [0.2, 0.25) is 0 Å². The van der Waals surface area contributed by atoms with E-state index in [1.807, 2.05) is 24.5 Å². The number of nitrogens with zero attached hydrogens (tertiary/aromatic N) is 5. The number of ether oxygens (including phenoxy) is 1. The van der Waals surface area contributed by atoms with E-state index < -0.39 is 0 Å². The molecule has 8 bridgehead atoms. The predicted molar refractivity (Wildman–Crippen MR) is 115 cm³/mol. The minimum Gasteiger partial charge on any atom is -0.457 e. The molecule has 4 aliphatic rings. The van der Waals surface area contributed by atoms with Gasteiger partial charge in [-0.15, -0.1) is 0 Å². The van der Waals surface area contributed by atoms with E-state index >= 15 is 0 Å². The summed E-state index contributed by atoms with van der Waals surface area (Å²) in [5.74, 6) is 1.68. The van der Waals surface area contributed by atoms with Gasteiger partial charge in [-0.1, -0.05) is 25.0 Å². The van der Waals surface area contributed by atoms with E-state index in [0.717, 1.165) is 36.2 Å². The Bertz CT molecular complexity index is 896. The normalized spacial score (nSPS) is 24.8. The number of hydrogen-bond acceptors (Lipinski definition) is 6. The van der Waals surface area contributed by atoms with Crippen LogP contribution in [0.3, 0.4) is 0 Å². The minimum absolute atomic E-state index is 0.484. The Morgan fingerprint density at radius 2 is 1.52 bits per heavy atom. The summed E-state index contributed by atoms with van der Waals surface area (Å²) < 4.78 is 6.19. The quantitative estimate of drug-likeness (QED) is 0.670. The Morgan fingerprint density at radius 3 is 2.34 bits per heavy atom. The first-order chi connectivity index (χ1) is 14.3. The van der Waals surface area contributed by atoms with Crippen molar-refractivity contribution in [3.8, 4) is 11.5 Å². The Hall–Kier alpha value is -3.15. The fraction of sp³-hybridized carbons (Fsp3) is 0.348. The summed E-state index contributed by atoms with van der Waals surface area (Å²) in [4.78, 5) is 7.24. The van der Waals surface area contributed by atoms with Crippen LogP contribution in [-0.4, -0.2) is 41.6 Å². The van der Waals surface area contributed by atoms with Crippen molar-refractivity contribution < 1.29 is 4.74 Å². The standard InChI is InChI=1S/C23H25N5O/c1-2-10-23-22(9-1)26-12-11-25(16-26)18-5-3-7-20(13-18)29-21-8-4-6-19(14-21)28-17-27(23)15-24-28/h3-8,11-15,22-23H,1-2,9-10,16-17H2. The SMILES string of the molecule is C1=CN2CN1c1cccc(c1)Oc1cccc(c1)N1CN(C=N1)C1CCCCC12. The van der Waals surface area contributed by atoms with Gasteiger partial charge in [-0.25, -0.2) is 5.01 Å². The van der Waals surface area contributed by atoms with Crippen LogP contribution in [-0.2, 0) is 0 Å². The third-order valence-electron chi connectivity index (χ3n) is 6.44. The summed E-state index contributed by atoms with van der Waals surface area (Å²) in [6.45, 7) is 1.67. The predicted octanol–water partition coefficient (Wildman–Crippen LogP) is 4.38. The number of benzene rings is 2. The molecule has 1 fully saturated rings. The van der Waals surface area contributed by atoms with Crippen molar-refractivity contribution in [1.82, 2.24) is 9.80 Å². The third kappa shape index (κ3) is 2.99. The van der Waals surface area contributed by atoms with Crippen molar-refractivity contribution in [3.63, 3.8) is 0 Å². The second kappa shape index (κ2) is 6.72. The van der Waals surface area contributed by atoms with Crippen molar-refractivity contribution in [2.45, 2.75) is 37.8 Å². The van der Waals surface area contributed by atoms with Gasteiger partial charge in [0.05, 0.1) is 24.4 Å². The molecule has 0 spiro atoms. The van der Waals surface area contributed by atoms with Gasteiger partial charge in [0.25, 0.3) is 0 Å². The molecule has 6 nitrogen and oxygen atoms in total. The first kappa shape index (κ1) is 16.8. The maximum Gasteiger partial charge on any atom is 0.129 e. The number of hydrazone groups is 1. The van der Waals surface area contributed by atoms with Crippen molar-refractivity contribution >= 4 is 17.7 Å². The molecule has 0 N–H and O–H groups in total. The molecule has 2 aromatic rings. The molecular weight excluding hydrogens is 362 g/mol. The molecule has 3 heterocycles. The summed E-state index contributed by atoms with van der Waals surface area (Å²) >= 11 is 0. The fourth-order valence-corrected chi connectivity index (χ4v) is 4.95. The molecule has 2 atom stereocenters. The van der Waals surface area contributed by atoms with Gasteiger partial charge in [0.15, 0.2) is 0 Å². The number of fused-ring (bicyclic) bond motifs is 13. The van der Waals surface area contributed by atoms with Gasteiger partial charge in [0.2, 0.25) is 0 Å². The Kier molecular flexibility index (Phi) is 3.89. The summed E-state index contributed by atoms with van der Waals surface area (Å²) in [5.41, 5.74) is 2.22. The largest absolute Gasteiger partial charge is 0.457 e. The van der Waals surface area contributed by atoms with Gasteiger partial charge < -0.3 is 19.4 Å².